The van der Waals surface area contributed by atoms with E-state index in [0.717, 1.165) is 96.3 Å². The normalized spacial score (nSPS) is 34.4. The molecule has 0 radical (unpaired) electrons. The number of fused-ring (bicyclic) bond motifs is 1. The SMILES string of the molecule is CC(C)(O)C(CCCCCCCCCCO)CCC(C)(CCCCCCCCCCO)C1CC[C@](C)(C2CCC3OC([C@]4(C)CC[C@@H](Br)C(C)(C)O4)CC[C@]3(C)O2)O1. The number of alkyl halides is 1. The highest BCUT2D eigenvalue weighted by Gasteiger charge is 2.57. The van der Waals surface area contributed by atoms with Crippen molar-refractivity contribution in [1.82, 2.24) is 0 Å². The van der Waals surface area contributed by atoms with E-state index in [1.807, 2.05) is 13.8 Å². The summed E-state index contributed by atoms with van der Waals surface area (Å²) >= 11 is 3.87. The molecule has 7 nitrogen and oxygen atoms in total. The van der Waals surface area contributed by atoms with Crippen LogP contribution in [0.25, 0.3) is 0 Å². The number of rotatable bonds is 27. The zero-order valence-electron chi connectivity index (χ0n) is 39.0. The summed E-state index contributed by atoms with van der Waals surface area (Å²) in [7, 11) is 0. The number of hydrogen-bond acceptors (Lipinski definition) is 7. The first-order chi connectivity index (χ1) is 27.4. The lowest BCUT2D eigenvalue weighted by Crippen LogP contribution is -2.63. The third kappa shape index (κ3) is 14.6. The smallest absolute Gasteiger partial charge is 0.0923 e. The quantitative estimate of drug-likeness (QED) is 0.0558. The molecule has 58 heavy (non-hydrogen) atoms. The Bertz CT molecular complexity index is 1160. The van der Waals surface area contributed by atoms with E-state index in [9.17, 15) is 5.11 Å². The lowest BCUT2D eigenvalue weighted by atomic mass is 9.71. The van der Waals surface area contributed by atoms with Gasteiger partial charge in [-0.2, -0.15) is 0 Å². The van der Waals surface area contributed by atoms with Gasteiger partial charge in [0, 0.05) is 18.0 Å². The molecule has 10 atom stereocenters. The minimum absolute atomic E-state index is 0.0522. The minimum atomic E-state index is -0.692. The molecular weight excluding hydrogens is 792 g/mol. The second-order valence-corrected chi connectivity index (χ2v) is 22.9. The van der Waals surface area contributed by atoms with Crippen LogP contribution in [0.15, 0.2) is 0 Å². The Morgan fingerprint density at radius 2 is 1.03 bits per heavy atom. The van der Waals surface area contributed by atoms with Crippen molar-refractivity contribution in [2.24, 2.45) is 11.3 Å². The molecule has 0 saturated carbocycles. The van der Waals surface area contributed by atoms with Crippen molar-refractivity contribution in [3.05, 3.63) is 0 Å². The van der Waals surface area contributed by atoms with Crippen LogP contribution in [0.5, 0.6) is 0 Å². The molecule has 6 unspecified atom stereocenters. The Morgan fingerprint density at radius 1 is 0.552 bits per heavy atom. The fourth-order valence-electron chi connectivity index (χ4n) is 11.4. The molecule has 0 aliphatic carbocycles. The summed E-state index contributed by atoms with van der Waals surface area (Å²) < 4.78 is 28.3. The van der Waals surface area contributed by atoms with Crippen molar-refractivity contribution in [3.63, 3.8) is 0 Å². The van der Waals surface area contributed by atoms with E-state index in [1.165, 1.54) is 83.5 Å². The highest BCUT2D eigenvalue weighted by atomic mass is 79.9. The highest BCUT2D eigenvalue weighted by molar-refractivity contribution is 9.09. The lowest BCUT2D eigenvalue weighted by molar-refractivity contribution is -0.304. The summed E-state index contributed by atoms with van der Waals surface area (Å²) in [5, 5.41) is 29.6. The molecule has 0 aromatic heterocycles. The van der Waals surface area contributed by atoms with Crippen LogP contribution in [0.3, 0.4) is 0 Å². The fourth-order valence-corrected chi connectivity index (χ4v) is 11.7. The molecule has 4 heterocycles. The Morgan fingerprint density at radius 3 is 1.60 bits per heavy atom. The van der Waals surface area contributed by atoms with Gasteiger partial charge in [0.1, 0.15) is 0 Å². The topological polar surface area (TPSA) is 97.6 Å². The maximum absolute atomic E-state index is 11.4. The van der Waals surface area contributed by atoms with Crippen molar-refractivity contribution in [2.75, 3.05) is 13.2 Å². The van der Waals surface area contributed by atoms with Gasteiger partial charge in [-0.1, -0.05) is 113 Å². The summed E-state index contributed by atoms with van der Waals surface area (Å²) in [6.45, 7) is 18.5. The number of hydrogen-bond donors (Lipinski definition) is 3. The molecule has 4 rings (SSSR count). The summed E-state index contributed by atoms with van der Waals surface area (Å²) in [5.74, 6) is 0.282. The Hall–Kier alpha value is 0.200. The van der Waals surface area contributed by atoms with Gasteiger partial charge in [0.2, 0.25) is 0 Å². The predicted octanol–water partition coefficient (Wildman–Crippen LogP) is 12.7. The minimum Gasteiger partial charge on any atom is -0.396 e. The van der Waals surface area contributed by atoms with Crippen molar-refractivity contribution >= 4 is 15.9 Å². The van der Waals surface area contributed by atoms with Crippen LogP contribution in [-0.4, -0.2) is 85.8 Å². The van der Waals surface area contributed by atoms with Gasteiger partial charge in [-0.3, -0.25) is 0 Å². The molecule has 0 spiro atoms. The first kappa shape index (κ1) is 50.8. The molecule has 4 aliphatic rings. The highest BCUT2D eigenvalue weighted by Crippen LogP contribution is 2.52. The summed E-state index contributed by atoms with van der Waals surface area (Å²) in [6, 6.07) is 0. The average molecular weight is 886 g/mol. The van der Waals surface area contributed by atoms with E-state index in [4.69, 9.17) is 29.2 Å². The molecule has 0 aromatic carbocycles. The van der Waals surface area contributed by atoms with Crippen LogP contribution in [0, 0.1) is 11.3 Å². The molecule has 0 amide bonds. The van der Waals surface area contributed by atoms with Crippen molar-refractivity contribution in [3.8, 4) is 0 Å². The molecular formula is C50H93BrO7. The molecule has 8 heteroatoms. The van der Waals surface area contributed by atoms with Crippen LogP contribution in [0.2, 0.25) is 0 Å². The maximum atomic E-state index is 11.4. The number of ether oxygens (including phenoxy) is 4. The van der Waals surface area contributed by atoms with Crippen LogP contribution >= 0.6 is 15.9 Å². The summed E-state index contributed by atoms with van der Waals surface area (Å²) in [5.41, 5.74) is -1.77. The van der Waals surface area contributed by atoms with Gasteiger partial charge in [0.25, 0.3) is 0 Å². The molecule has 0 bridgehead atoms. The zero-order chi connectivity index (χ0) is 42.5. The number of halogens is 1. The number of aliphatic hydroxyl groups excluding tert-OH is 2. The van der Waals surface area contributed by atoms with E-state index in [-0.39, 0.29) is 58.2 Å². The van der Waals surface area contributed by atoms with Gasteiger partial charge in [0.15, 0.2) is 0 Å². The van der Waals surface area contributed by atoms with Crippen LogP contribution in [0.1, 0.15) is 235 Å². The monoisotopic (exact) mass is 885 g/mol. The standard InChI is InChI=1S/C50H93BrO7/c1-45(2,54)39(25-21-17-13-9-11-15-19-23-37-52)28-33-47(5,32-22-18-14-10-12-16-20-24-38-53)41-30-35-49(7,56-41)44-27-26-42-48(6,57-44)36-31-43(55-42)50(8)34-29-40(51)46(3,4)58-50/h39-44,52-54H,9-38H2,1-8H3/t39?,40-,41?,42?,43?,44?,47?,48+,49-,50+/m1/s1. The van der Waals surface area contributed by atoms with E-state index < -0.39 is 5.60 Å². The van der Waals surface area contributed by atoms with Crippen LogP contribution < -0.4 is 0 Å². The van der Waals surface area contributed by atoms with E-state index in [2.05, 4.69) is 57.5 Å². The number of aliphatic hydroxyl groups is 3. The number of unbranched alkanes of at least 4 members (excludes halogenated alkanes) is 14. The Balaban J connectivity index is 1.35. The second-order valence-electron chi connectivity index (χ2n) is 21.8. The third-order valence-electron chi connectivity index (χ3n) is 15.8. The van der Waals surface area contributed by atoms with E-state index >= 15 is 0 Å². The first-order valence-electron chi connectivity index (χ1n) is 24.7. The lowest BCUT2D eigenvalue weighted by Gasteiger charge is -2.56. The summed E-state index contributed by atoms with van der Waals surface area (Å²) in [6.07, 6.45) is 32.0. The van der Waals surface area contributed by atoms with E-state index in [0.29, 0.717) is 18.0 Å². The Labute approximate surface area is 365 Å². The maximum Gasteiger partial charge on any atom is 0.0923 e. The molecule has 4 fully saturated rings. The van der Waals surface area contributed by atoms with Crippen LogP contribution in [0.4, 0.5) is 0 Å². The molecule has 342 valence electrons. The summed E-state index contributed by atoms with van der Waals surface area (Å²) in [4.78, 5) is 0.360. The molecule has 0 aromatic rings. The van der Waals surface area contributed by atoms with Gasteiger partial charge in [0.05, 0.1) is 52.4 Å². The van der Waals surface area contributed by atoms with Gasteiger partial charge in [-0.15, -0.1) is 0 Å². The Kier molecular flexibility index (Phi) is 20.4. The van der Waals surface area contributed by atoms with Crippen LogP contribution in [-0.2, 0) is 18.9 Å². The predicted molar refractivity (Wildman–Crippen MR) is 243 cm³/mol. The van der Waals surface area contributed by atoms with E-state index in [1.54, 1.807) is 0 Å². The van der Waals surface area contributed by atoms with Gasteiger partial charge in [-0.05, 0) is 150 Å². The zero-order valence-corrected chi connectivity index (χ0v) is 40.6. The molecule has 4 saturated heterocycles. The molecule has 3 N–H and O–H groups in total. The largest absolute Gasteiger partial charge is 0.396 e. The second kappa shape index (κ2) is 23.2. The van der Waals surface area contributed by atoms with Crippen molar-refractivity contribution in [2.45, 2.75) is 292 Å². The van der Waals surface area contributed by atoms with Crippen molar-refractivity contribution in [1.29, 1.82) is 0 Å². The van der Waals surface area contributed by atoms with Gasteiger partial charge in [-0.25, -0.2) is 0 Å². The van der Waals surface area contributed by atoms with Gasteiger partial charge >= 0.3 is 0 Å². The average Bonchev–Trinajstić information content (AvgIpc) is 3.58. The molecule has 4 aliphatic heterocycles. The van der Waals surface area contributed by atoms with Crippen molar-refractivity contribution < 1.29 is 34.3 Å². The van der Waals surface area contributed by atoms with Gasteiger partial charge < -0.3 is 34.3 Å². The first-order valence-corrected chi connectivity index (χ1v) is 25.6. The fraction of sp³-hybridized carbons (Fsp3) is 1.00. The third-order valence-corrected chi connectivity index (χ3v) is 17.4.